The smallest absolute Gasteiger partial charge is 0.404 e. The van der Waals surface area contributed by atoms with Crippen LogP contribution in [0.5, 0.6) is 0 Å². The average molecular weight is 201 g/mol. The van der Waals surface area contributed by atoms with Crippen molar-refractivity contribution in [2.45, 2.75) is 18.9 Å². The zero-order valence-electron chi connectivity index (χ0n) is 8.62. The lowest BCUT2D eigenvalue weighted by Crippen LogP contribution is -2.43. The molecule has 5 nitrogen and oxygen atoms in total. The van der Waals surface area contributed by atoms with Crippen LogP contribution in [0.3, 0.4) is 0 Å². The summed E-state index contributed by atoms with van der Waals surface area (Å²) in [6.45, 7) is 3.44. The van der Waals surface area contributed by atoms with E-state index in [0.29, 0.717) is 12.6 Å². The molecule has 1 aliphatic rings. The Hall–Kier alpha value is -0.810. The number of hydrogen-bond donors (Lipinski definition) is 3. The van der Waals surface area contributed by atoms with Crippen LogP contribution in [0, 0.1) is 0 Å². The molecule has 0 saturated carbocycles. The van der Waals surface area contributed by atoms with E-state index in [1.807, 2.05) is 0 Å². The Labute approximate surface area is 84.5 Å². The van der Waals surface area contributed by atoms with Gasteiger partial charge in [0.1, 0.15) is 0 Å². The molecular formula is C9H19N3O2. The molecule has 0 spiro atoms. The summed E-state index contributed by atoms with van der Waals surface area (Å²) in [4.78, 5) is 12.5. The lowest BCUT2D eigenvalue weighted by atomic mass is 10.1. The predicted octanol–water partition coefficient (Wildman–Crippen LogP) is -0.0622. The van der Waals surface area contributed by atoms with Crippen molar-refractivity contribution < 1.29 is 9.90 Å². The highest BCUT2D eigenvalue weighted by Gasteiger charge is 2.16. The van der Waals surface area contributed by atoms with Crippen molar-refractivity contribution in [1.29, 1.82) is 0 Å². The van der Waals surface area contributed by atoms with Gasteiger partial charge in [0.15, 0.2) is 0 Å². The van der Waals surface area contributed by atoms with Gasteiger partial charge in [-0.15, -0.1) is 0 Å². The van der Waals surface area contributed by atoms with E-state index in [1.165, 1.54) is 0 Å². The van der Waals surface area contributed by atoms with Crippen molar-refractivity contribution in [2.75, 3.05) is 33.2 Å². The zero-order valence-corrected chi connectivity index (χ0v) is 8.62. The van der Waals surface area contributed by atoms with Gasteiger partial charge in [0.25, 0.3) is 0 Å². The maximum absolute atomic E-state index is 10.2. The number of nitrogens with zero attached hydrogens (tertiary/aromatic N) is 1. The van der Waals surface area contributed by atoms with Gasteiger partial charge >= 0.3 is 6.09 Å². The van der Waals surface area contributed by atoms with Crippen molar-refractivity contribution in [3.05, 3.63) is 0 Å². The first-order valence-corrected chi connectivity index (χ1v) is 5.08. The summed E-state index contributed by atoms with van der Waals surface area (Å²) in [5, 5.41) is 14.1. The van der Waals surface area contributed by atoms with Crippen LogP contribution in [-0.4, -0.2) is 55.4 Å². The molecule has 0 aromatic heterocycles. The highest BCUT2D eigenvalue weighted by molar-refractivity contribution is 5.64. The summed E-state index contributed by atoms with van der Waals surface area (Å²) in [5.74, 6) is 0. The third-order valence-corrected chi connectivity index (χ3v) is 2.67. The lowest BCUT2D eigenvalue weighted by Gasteiger charge is -2.31. The standard InChI is InChI=1S/C9H19N3O2/c1-12(7-6-11-9(13)14)8-2-4-10-5-3-8/h8,10-11H,2-7H2,1H3,(H,13,14). The molecule has 1 fully saturated rings. The molecule has 5 heteroatoms. The first-order chi connectivity index (χ1) is 6.70. The fraction of sp³-hybridized carbons (Fsp3) is 0.889. The van der Waals surface area contributed by atoms with Gasteiger partial charge < -0.3 is 20.6 Å². The van der Waals surface area contributed by atoms with E-state index in [4.69, 9.17) is 5.11 Å². The minimum atomic E-state index is -0.941. The van der Waals surface area contributed by atoms with Gasteiger partial charge in [-0.2, -0.15) is 0 Å². The van der Waals surface area contributed by atoms with Crippen molar-refractivity contribution >= 4 is 6.09 Å². The fourth-order valence-electron chi connectivity index (χ4n) is 1.77. The number of piperidine rings is 1. The number of hydrogen-bond acceptors (Lipinski definition) is 3. The van der Waals surface area contributed by atoms with Gasteiger partial charge in [-0.3, -0.25) is 0 Å². The second kappa shape index (κ2) is 5.82. The first kappa shape index (κ1) is 11.3. The Balaban J connectivity index is 2.13. The molecule has 1 aliphatic heterocycles. The topological polar surface area (TPSA) is 64.6 Å². The third-order valence-electron chi connectivity index (χ3n) is 2.67. The monoisotopic (exact) mass is 201 g/mol. The molecule has 1 heterocycles. The van der Waals surface area contributed by atoms with Gasteiger partial charge in [-0.1, -0.05) is 0 Å². The Morgan fingerprint density at radius 1 is 1.57 bits per heavy atom. The predicted molar refractivity (Wildman–Crippen MR) is 54.5 cm³/mol. The van der Waals surface area contributed by atoms with Crippen LogP contribution in [0.2, 0.25) is 0 Å². The minimum absolute atomic E-state index is 0.510. The van der Waals surface area contributed by atoms with Crippen LogP contribution in [-0.2, 0) is 0 Å². The number of likely N-dealkylation sites (N-methyl/N-ethyl adjacent to an activating group) is 1. The van der Waals surface area contributed by atoms with Crippen LogP contribution in [0.15, 0.2) is 0 Å². The second-order valence-corrected chi connectivity index (χ2v) is 3.69. The molecule has 1 rings (SSSR count). The van der Waals surface area contributed by atoms with Gasteiger partial charge in [0, 0.05) is 19.1 Å². The van der Waals surface area contributed by atoms with Gasteiger partial charge in [0.05, 0.1) is 0 Å². The summed E-state index contributed by atoms with van der Waals surface area (Å²) >= 11 is 0. The molecule has 1 amide bonds. The Bertz CT molecular complexity index is 181. The quantitative estimate of drug-likeness (QED) is 0.596. The van der Waals surface area contributed by atoms with E-state index in [1.54, 1.807) is 0 Å². The molecule has 0 atom stereocenters. The Morgan fingerprint density at radius 2 is 2.21 bits per heavy atom. The van der Waals surface area contributed by atoms with E-state index < -0.39 is 6.09 Å². The second-order valence-electron chi connectivity index (χ2n) is 3.69. The first-order valence-electron chi connectivity index (χ1n) is 5.08. The minimum Gasteiger partial charge on any atom is -0.465 e. The van der Waals surface area contributed by atoms with Crippen LogP contribution < -0.4 is 10.6 Å². The van der Waals surface area contributed by atoms with E-state index in [-0.39, 0.29) is 0 Å². The van der Waals surface area contributed by atoms with Crippen molar-refractivity contribution in [2.24, 2.45) is 0 Å². The lowest BCUT2D eigenvalue weighted by molar-refractivity contribution is 0.181. The van der Waals surface area contributed by atoms with E-state index in [2.05, 4.69) is 22.6 Å². The number of carboxylic acid groups (broad SMARTS) is 1. The van der Waals surface area contributed by atoms with Crippen LogP contribution in [0.25, 0.3) is 0 Å². The number of nitrogens with one attached hydrogen (secondary N) is 2. The summed E-state index contributed by atoms with van der Waals surface area (Å²) in [7, 11) is 2.06. The largest absolute Gasteiger partial charge is 0.465 e. The summed E-state index contributed by atoms with van der Waals surface area (Å²) in [5.41, 5.74) is 0. The van der Waals surface area contributed by atoms with Crippen LogP contribution in [0.1, 0.15) is 12.8 Å². The van der Waals surface area contributed by atoms with Crippen LogP contribution in [0.4, 0.5) is 4.79 Å². The van der Waals surface area contributed by atoms with Gasteiger partial charge in [-0.05, 0) is 33.0 Å². The molecule has 0 bridgehead atoms. The number of rotatable bonds is 4. The highest BCUT2D eigenvalue weighted by atomic mass is 16.4. The molecule has 0 aromatic rings. The molecule has 82 valence electrons. The number of amides is 1. The molecule has 14 heavy (non-hydrogen) atoms. The summed E-state index contributed by atoms with van der Waals surface area (Å²) in [6, 6.07) is 0.604. The zero-order chi connectivity index (χ0) is 10.4. The number of carbonyl (C=O) groups is 1. The maximum atomic E-state index is 10.2. The summed E-state index contributed by atoms with van der Waals surface area (Å²) in [6.07, 6.45) is 1.37. The van der Waals surface area contributed by atoms with Crippen molar-refractivity contribution in [3.8, 4) is 0 Å². The Kier molecular flexibility index (Phi) is 4.69. The van der Waals surface area contributed by atoms with Crippen LogP contribution >= 0.6 is 0 Å². The van der Waals surface area contributed by atoms with Crippen molar-refractivity contribution in [3.63, 3.8) is 0 Å². The molecule has 0 radical (unpaired) electrons. The molecule has 0 aromatic carbocycles. The van der Waals surface area contributed by atoms with E-state index in [0.717, 1.165) is 32.5 Å². The average Bonchev–Trinajstić information content (AvgIpc) is 2.18. The molecule has 1 saturated heterocycles. The normalized spacial score (nSPS) is 18.4. The summed E-state index contributed by atoms with van der Waals surface area (Å²) < 4.78 is 0. The highest BCUT2D eigenvalue weighted by Crippen LogP contribution is 2.08. The molecular weight excluding hydrogens is 182 g/mol. The van der Waals surface area contributed by atoms with Gasteiger partial charge in [-0.25, -0.2) is 4.79 Å². The Morgan fingerprint density at radius 3 is 2.79 bits per heavy atom. The van der Waals surface area contributed by atoms with E-state index in [9.17, 15) is 4.79 Å². The molecule has 0 aliphatic carbocycles. The molecule has 3 N–H and O–H groups in total. The SMILES string of the molecule is CN(CCNC(=O)O)C1CCNCC1. The van der Waals surface area contributed by atoms with Gasteiger partial charge in [0.2, 0.25) is 0 Å². The maximum Gasteiger partial charge on any atom is 0.404 e. The fourth-order valence-corrected chi connectivity index (χ4v) is 1.77. The molecule has 0 unspecified atom stereocenters. The van der Waals surface area contributed by atoms with E-state index >= 15 is 0 Å². The third kappa shape index (κ3) is 3.93. The van der Waals surface area contributed by atoms with Crippen molar-refractivity contribution in [1.82, 2.24) is 15.5 Å².